The highest BCUT2D eigenvalue weighted by Gasteiger charge is 2.13. The van der Waals surface area contributed by atoms with Crippen molar-refractivity contribution in [1.29, 1.82) is 0 Å². The highest BCUT2D eigenvalue weighted by atomic mass is 79.9. The number of carbonyl (C=O) groups is 2. The van der Waals surface area contributed by atoms with Crippen LogP contribution in [0.15, 0.2) is 77.3 Å². The van der Waals surface area contributed by atoms with Crippen molar-refractivity contribution in [2.24, 2.45) is 0 Å². The van der Waals surface area contributed by atoms with Gasteiger partial charge in [0.25, 0.3) is 0 Å². The number of aldehydes is 1. The average molecular weight is 438 g/mol. The Hall–Kier alpha value is -2.92. The number of esters is 1. The highest BCUT2D eigenvalue weighted by Crippen LogP contribution is 2.35. The van der Waals surface area contributed by atoms with Crippen LogP contribution in [0, 0.1) is 0 Å². The van der Waals surface area contributed by atoms with E-state index in [0.717, 1.165) is 33.4 Å². The van der Waals surface area contributed by atoms with Crippen LogP contribution in [0.25, 0.3) is 0 Å². The Kier molecular flexibility index (Phi) is 6.61. The molecule has 0 aliphatic carbocycles. The summed E-state index contributed by atoms with van der Waals surface area (Å²) in [5.74, 6) is -0.212. The van der Waals surface area contributed by atoms with Gasteiger partial charge in [0.1, 0.15) is 6.29 Å². The van der Waals surface area contributed by atoms with Crippen molar-refractivity contribution in [2.45, 2.75) is 12.8 Å². The minimum Gasteiger partial charge on any atom is -0.469 e. The minimum atomic E-state index is -0.212. The van der Waals surface area contributed by atoms with Crippen LogP contribution in [0.5, 0.6) is 0 Å². The molecule has 0 fully saturated rings. The topological polar surface area (TPSA) is 46.6 Å². The summed E-state index contributed by atoms with van der Waals surface area (Å²) in [6.07, 6.45) is 1.84. The summed E-state index contributed by atoms with van der Waals surface area (Å²) in [5, 5.41) is 0. The predicted molar refractivity (Wildman–Crippen MR) is 115 cm³/mol. The number of anilines is 3. The van der Waals surface area contributed by atoms with Crippen LogP contribution < -0.4 is 4.90 Å². The molecule has 0 aliphatic heterocycles. The van der Waals surface area contributed by atoms with E-state index in [0.29, 0.717) is 18.4 Å². The molecule has 142 valence electrons. The van der Waals surface area contributed by atoms with E-state index >= 15 is 0 Å². The maximum Gasteiger partial charge on any atom is 0.305 e. The zero-order valence-electron chi connectivity index (χ0n) is 15.5. The first-order chi connectivity index (χ1) is 13.6. The summed E-state index contributed by atoms with van der Waals surface area (Å²) in [6, 6.07) is 23.6. The molecular weight excluding hydrogens is 418 g/mol. The number of rotatable bonds is 7. The monoisotopic (exact) mass is 437 g/mol. The smallest absolute Gasteiger partial charge is 0.305 e. The van der Waals surface area contributed by atoms with Gasteiger partial charge < -0.3 is 9.64 Å². The maximum absolute atomic E-state index is 11.4. The fourth-order valence-electron chi connectivity index (χ4n) is 2.90. The van der Waals surface area contributed by atoms with Gasteiger partial charge in [-0.3, -0.25) is 9.59 Å². The normalized spacial score (nSPS) is 10.4. The molecule has 5 heteroatoms. The summed E-state index contributed by atoms with van der Waals surface area (Å²) < 4.78 is 5.71. The summed E-state index contributed by atoms with van der Waals surface area (Å²) in [6.45, 7) is 0. The molecule has 0 saturated carbocycles. The predicted octanol–water partition coefficient (Wildman–Crippen LogP) is 5.84. The van der Waals surface area contributed by atoms with Gasteiger partial charge in [-0.15, -0.1) is 0 Å². The zero-order valence-corrected chi connectivity index (χ0v) is 17.1. The number of nitrogens with zero attached hydrogens (tertiary/aromatic N) is 1. The van der Waals surface area contributed by atoms with Crippen LogP contribution in [-0.4, -0.2) is 19.4 Å². The third-order valence-electron chi connectivity index (χ3n) is 4.41. The van der Waals surface area contributed by atoms with Gasteiger partial charge in [-0.25, -0.2) is 0 Å². The summed E-state index contributed by atoms with van der Waals surface area (Å²) in [4.78, 5) is 24.4. The van der Waals surface area contributed by atoms with Gasteiger partial charge in [0.2, 0.25) is 0 Å². The van der Waals surface area contributed by atoms with Crippen molar-refractivity contribution in [1.82, 2.24) is 0 Å². The van der Waals surface area contributed by atoms with E-state index in [4.69, 9.17) is 4.74 Å². The third-order valence-corrected chi connectivity index (χ3v) is 4.94. The zero-order chi connectivity index (χ0) is 19.9. The summed E-state index contributed by atoms with van der Waals surface area (Å²) in [7, 11) is 1.40. The SMILES string of the molecule is COC(=O)CCc1ccc(N(c2ccc(Br)cc2)c2ccc(C=O)cc2)cc1. The van der Waals surface area contributed by atoms with Crippen molar-refractivity contribution in [3.05, 3.63) is 88.4 Å². The molecule has 0 radical (unpaired) electrons. The van der Waals surface area contributed by atoms with E-state index < -0.39 is 0 Å². The number of hydrogen-bond acceptors (Lipinski definition) is 4. The number of halogens is 1. The quantitative estimate of drug-likeness (QED) is 0.344. The van der Waals surface area contributed by atoms with Crippen LogP contribution in [0.1, 0.15) is 22.3 Å². The van der Waals surface area contributed by atoms with Gasteiger partial charge >= 0.3 is 5.97 Å². The van der Waals surface area contributed by atoms with E-state index in [2.05, 4.69) is 20.8 Å². The van der Waals surface area contributed by atoms with Gasteiger partial charge in [-0.05, 0) is 72.6 Å². The summed E-state index contributed by atoms with van der Waals surface area (Å²) >= 11 is 3.48. The lowest BCUT2D eigenvalue weighted by atomic mass is 10.1. The number of aryl methyl sites for hydroxylation is 1. The Balaban J connectivity index is 1.93. The summed E-state index contributed by atoms with van der Waals surface area (Å²) in [5.41, 5.74) is 4.65. The Morgan fingerprint density at radius 1 is 0.893 bits per heavy atom. The Bertz CT molecular complexity index is 935. The molecule has 0 heterocycles. The van der Waals surface area contributed by atoms with Crippen molar-refractivity contribution in [2.75, 3.05) is 12.0 Å². The van der Waals surface area contributed by atoms with Crippen molar-refractivity contribution in [3.63, 3.8) is 0 Å². The van der Waals surface area contributed by atoms with E-state index in [1.807, 2.05) is 60.7 Å². The van der Waals surface area contributed by atoms with Crippen LogP contribution in [0.3, 0.4) is 0 Å². The fraction of sp³-hybridized carbons (Fsp3) is 0.130. The second-order valence-corrected chi connectivity index (χ2v) is 7.18. The Morgan fingerprint density at radius 3 is 1.89 bits per heavy atom. The lowest BCUT2D eigenvalue weighted by Gasteiger charge is -2.25. The van der Waals surface area contributed by atoms with Crippen molar-refractivity contribution < 1.29 is 14.3 Å². The molecule has 0 N–H and O–H groups in total. The van der Waals surface area contributed by atoms with E-state index in [9.17, 15) is 9.59 Å². The molecule has 0 atom stereocenters. The largest absolute Gasteiger partial charge is 0.469 e. The standard InChI is InChI=1S/C23H20BrNO3/c1-28-23(27)15-6-17-2-9-20(10-3-17)25(22-13-7-19(24)8-14-22)21-11-4-18(16-26)5-12-21/h2-5,7-14,16H,6,15H2,1H3. The third kappa shape index (κ3) is 4.87. The fourth-order valence-corrected chi connectivity index (χ4v) is 3.16. The molecule has 0 saturated heterocycles. The van der Waals surface area contributed by atoms with Crippen LogP contribution in [0.4, 0.5) is 17.1 Å². The van der Waals surface area contributed by atoms with Gasteiger partial charge in [-0.1, -0.05) is 28.1 Å². The number of carbonyl (C=O) groups excluding carboxylic acids is 2. The minimum absolute atomic E-state index is 0.212. The molecule has 3 rings (SSSR count). The lowest BCUT2D eigenvalue weighted by Crippen LogP contribution is -2.10. The molecule has 0 aliphatic rings. The number of methoxy groups -OCH3 is 1. The molecule has 3 aromatic rings. The second kappa shape index (κ2) is 9.33. The van der Waals surface area contributed by atoms with Crippen LogP contribution in [-0.2, 0) is 16.0 Å². The van der Waals surface area contributed by atoms with Crippen LogP contribution in [0.2, 0.25) is 0 Å². The molecule has 3 aromatic carbocycles. The van der Waals surface area contributed by atoms with E-state index in [1.165, 1.54) is 7.11 Å². The molecule has 0 spiro atoms. The maximum atomic E-state index is 11.4. The van der Waals surface area contributed by atoms with Gasteiger partial charge in [-0.2, -0.15) is 0 Å². The average Bonchev–Trinajstić information content (AvgIpc) is 2.75. The molecule has 0 bridgehead atoms. The first kappa shape index (κ1) is 19.8. The molecule has 0 unspecified atom stereocenters. The number of ether oxygens (including phenoxy) is 1. The molecule has 4 nitrogen and oxygen atoms in total. The lowest BCUT2D eigenvalue weighted by molar-refractivity contribution is -0.140. The highest BCUT2D eigenvalue weighted by molar-refractivity contribution is 9.10. The Morgan fingerprint density at radius 2 is 1.39 bits per heavy atom. The Labute approximate surface area is 172 Å². The number of benzene rings is 3. The van der Waals surface area contributed by atoms with Gasteiger partial charge in [0.05, 0.1) is 7.11 Å². The molecule has 28 heavy (non-hydrogen) atoms. The van der Waals surface area contributed by atoms with Crippen molar-refractivity contribution >= 4 is 45.2 Å². The van der Waals surface area contributed by atoms with E-state index in [1.54, 1.807) is 12.1 Å². The molecular formula is C23H20BrNO3. The first-order valence-corrected chi connectivity index (χ1v) is 9.66. The first-order valence-electron chi connectivity index (χ1n) is 8.87. The van der Waals surface area contributed by atoms with Crippen LogP contribution >= 0.6 is 15.9 Å². The van der Waals surface area contributed by atoms with Gasteiger partial charge in [0, 0.05) is 33.5 Å². The molecule has 0 aromatic heterocycles. The second-order valence-electron chi connectivity index (χ2n) is 6.26. The van der Waals surface area contributed by atoms with Gasteiger partial charge in [0.15, 0.2) is 0 Å². The van der Waals surface area contributed by atoms with Crippen molar-refractivity contribution in [3.8, 4) is 0 Å². The van der Waals surface area contributed by atoms with E-state index in [-0.39, 0.29) is 5.97 Å². The molecule has 0 amide bonds. The number of hydrogen-bond donors (Lipinski definition) is 0.